The maximum absolute atomic E-state index is 13.1. The van der Waals surface area contributed by atoms with Crippen LogP contribution in [0, 0.1) is 5.82 Å². The molecule has 0 bridgehead atoms. The standard InChI is InChI=1S/C14H13FN6/c15-11-5-3-10(4-6-11)12-2-1-9-20(12)14-8-7-13-16-18-19-21(13)17-14/h3-8,12H,1-2,9H2. The van der Waals surface area contributed by atoms with Crippen LogP contribution < -0.4 is 4.90 Å². The zero-order valence-corrected chi connectivity index (χ0v) is 11.2. The Morgan fingerprint density at radius 3 is 2.81 bits per heavy atom. The van der Waals surface area contributed by atoms with Crippen LogP contribution in [0.1, 0.15) is 24.4 Å². The predicted octanol–water partition coefficient (Wildman–Crippen LogP) is 2.00. The van der Waals surface area contributed by atoms with Crippen molar-refractivity contribution in [3.63, 3.8) is 0 Å². The molecule has 1 aliphatic heterocycles. The van der Waals surface area contributed by atoms with Crippen LogP contribution in [0.4, 0.5) is 10.2 Å². The van der Waals surface area contributed by atoms with Gasteiger partial charge in [0.05, 0.1) is 6.04 Å². The van der Waals surface area contributed by atoms with Gasteiger partial charge in [-0.25, -0.2) is 4.39 Å². The number of aromatic nitrogens is 5. The highest BCUT2D eigenvalue weighted by Gasteiger charge is 2.27. The van der Waals surface area contributed by atoms with Crippen molar-refractivity contribution in [1.82, 2.24) is 25.3 Å². The highest BCUT2D eigenvalue weighted by molar-refractivity contribution is 5.47. The summed E-state index contributed by atoms with van der Waals surface area (Å²) in [7, 11) is 0. The molecule has 3 heterocycles. The largest absolute Gasteiger partial charge is 0.348 e. The van der Waals surface area contributed by atoms with Crippen LogP contribution in [0.5, 0.6) is 0 Å². The monoisotopic (exact) mass is 284 g/mol. The molecule has 1 atom stereocenters. The van der Waals surface area contributed by atoms with Gasteiger partial charge < -0.3 is 4.90 Å². The van der Waals surface area contributed by atoms with Crippen molar-refractivity contribution in [3.8, 4) is 0 Å². The molecule has 0 radical (unpaired) electrons. The highest BCUT2D eigenvalue weighted by Crippen LogP contribution is 2.34. The molecule has 21 heavy (non-hydrogen) atoms. The third-order valence-electron chi connectivity index (χ3n) is 3.86. The van der Waals surface area contributed by atoms with Gasteiger partial charge in [0.15, 0.2) is 11.5 Å². The highest BCUT2D eigenvalue weighted by atomic mass is 19.1. The average molecular weight is 284 g/mol. The summed E-state index contributed by atoms with van der Waals surface area (Å²) in [5, 5.41) is 15.7. The Labute approximate surface area is 120 Å². The van der Waals surface area contributed by atoms with E-state index in [1.165, 1.54) is 16.8 Å². The number of halogens is 1. The topological polar surface area (TPSA) is 59.2 Å². The number of tetrazole rings is 1. The lowest BCUT2D eigenvalue weighted by Crippen LogP contribution is -2.24. The van der Waals surface area contributed by atoms with Gasteiger partial charge in [-0.2, -0.15) is 0 Å². The Morgan fingerprint density at radius 1 is 1.10 bits per heavy atom. The fourth-order valence-corrected chi connectivity index (χ4v) is 2.87. The molecule has 106 valence electrons. The van der Waals surface area contributed by atoms with Crippen molar-refractivity contribution in [2.24, 2.45) is 0 Å². The maximum Gasteiger partial charge on any atom is 0.200 e. The summed E-state index contributed by atoms with van der Waals surface area (Å²) in [6.07, 6.45) is 2.11. The number of hydrogen-bond donors (Lipinski definition) is 0. The summed E-state index contributed by atoms with van der Waals surface area (Å²) in [5.74, 6) is 0.623. The first-order valence-corrected chi connectivity index (χ1v) is 6.89. The van der Waals surface area contributed by atoms with Crippen molar-refractivity contribution in [2.75, 3.05) is 11.4 Å². The maximum atomic E-state index is 13.1. The average Bonchev–Trinajstić information content (AvgIpc) is 3.16. The van der Waals surface area contributed by atoms with Crippen molar-refractivity contribution in [3.05, 3.63) is 47.8 Å². The van der Waals surface area contributed by atoms with E-state index in [0.29, 0.717) is 5.65 Å². The molecule has 1 fully saturated rings. The third kappa shape index (κ3) is 2.10. The quantitative estimate of drug-likeness (QED) is 0.720. The van der Waals surface area contributed by atoms with Crippen LogP contribution in [-0.2, 0) is 0 Å². The number of rotatable bonds is 2. The van der Waals surface area contributed by atoms with E-state index in [-0.39, 0.29) is 11.9 Å². The van der Waals surface area contributed by atoms with Crippen LogP contribution in [0.2, 0.25) is 0 Å². The second-order valence-corrected chi connectivity index (χ2v) is 5.12. The Kier molecular flexibility index (Phi) is 2.77. The minimum Gasteiger partial charge on any atom is -0.348 e. The van der Waals surface area contributed by atoms with Gasteiger partial charge in [-0.15, -0.1) is 14.8 Å². The molecule has 0 aliphatic carbocycles. The van der Waals surface area contributed by atoms with Crippen molar-refractivity contribution >= 4 is 11.5 Å². The van der Waals surface area contributed by atoms with Crippen LogP contribution >= 0.6 is 0 Å². The van der Waals surface area contributed by atoms with E-state index in [9.17, 15) is 4.39 Å². The van der Waals surface area contributed by atoms with E-state index >= 15 is 0 Å². The Hall–Kier alpha value is -2.57. The van der Waals surface area contributed by atoms with E-state index in [0.717, 1.165) is 30.8 Å². The van der Waals surface area contributed by atoms with Gasteiger partial charge in [0.2, 0.25) is 0 Å². The molecule has 0 spiro atoms. The number of fused-ring (bicyclic) bond motifs is 1. The SMILES string of the molecule is Fc1ccc(C2CCCN2c2ccc3nnnn3n2)cc1. The van der Waals surface area contributed by atoms with Crippen molar-refractivity contribution < 1.29 is 4.39 Å². The molecule has 2 aromatic heterocycles. The van der Waals surface area contributed by atoms with Gasteiger partial charge in [-0.3, -0.25) is 0 Å². The molecule has 0 saturated carbocycles. The third-order valence-corrected chi connectivity index (χ3v) is 3.86. The molecule has 0 amide bonds. The second-order valence-electron chi connectivity index (χ2n) is 5.12. The second kappa shape index (κ2) is 4.76. The van der Waals surface area contributed by atoms with Gasteiger partial charge >= 0.3 is 0 Å². The first-order valence-electron chi connectivity index (χ1n) is 6.89. The van der Waals surface area contributed by atoms with Gasteiger partial charge in [-0.05, 0) is 53.1 Å². The lowest BCUT2D eigenvalue weighted by molar-refractivity contribution is 0.623. The predicted molar refractivity (Wildman–Crippen MR) is 74.3 cm³/mol. The van der Waals surface area contributed by atoms with Crippen LogP contribution in [0.25, 0.3) is 5.65 Å². The summed E-state index contributed by atoms with van der Waals surface area (Å²) >= 11 is 0. The molecular formula is C14H13FN6. The first-order chi connectivity index (χ1) is 10.3. The summed E-state index contributed by atoms with van der Waals surface area (Å²) in [6, 6.07) is 10.7. The zero-order valence-electron chi connectivity index (χ0n) is 11.2. The van der Waals surface area contributed by atoms with E-state index in [2.05, 4.69) is 25.5 Å². The van der Waals surface area contributed by atoms with E-state index < -0.39 is 0 Å². The molecule has 1 unspecified atom stereocenters. The Balaban J connectivity index is 1.70. The van der Waals surface area contributed by atoms with E-state index in [4.69, 9.17) is 0 Å². The molecule has 7 heteroatoms. The van der Waals surface area contributed by atoms with Gasteiger partial charge in [0.25, 0.3) is 0 Å². The zero-order chi connectivity index (χ0) is 14.2. The van der Waals surface area contributed by atoms with Crippen LogP contribution in [-0.4, -0.2) is 31.8 Å². The minimum absolute atomic E-state index is 0.212. The molecular weight excluding hydrogens is 271 g/mol. The molecule has 6 nitrogen and oxygen atoms in total. The normalized spacial score (nSPS) is 18.5. The first kappa shape index (κ1) is 12.2. The smallest absolute Gasteiger partial charge is 0.200 e. The fourth-order valence-electron chi connectivity index (χ4n) is 2.87. The van der Waals surface area contributed by atoms with Crippen molar-refractivity contribution in [2.45, 2.75) is 18.9 Å². The summed E-state index contributed by atoms with van der Waals surface area (Å²) < 4.78 is 14.5. The number of nitrogens with zero attached hydrogens (tertiary/aromatic N) is 6. The van der Waals surface area contributed by atoms with Crippen molar-refractivity contribution in [1.29, 1.82) is 0 Å². The molecule has 3 aromatic rings. The van der Waals surface area contributed by atoms with Crippen LogP contribution in [0.15, 0.2) is 36.4 Å². The molecule has 0 N–H and O–H groups in total. The minimum atomic E-state index is -0.212. The molecule has 1 aliphatic rings. The van der Waals surface area contributed by atoms with E-state index in [1.54, 1.807) is 0 Å². The van der Waals surface area contributed by atoms with Gasteiger partial charge in [-0.1, -0.05) is 12.1 Å². The fraction of sp³-hybridized carbons (Fsp3) is 0.286. The van der Waals surface area contributed by atoms with Gasteiger partial charge in [0.1, 0.15) is 5.82 Å². The number of benzene rings is 1. The molecule has 1 saturated heterocycles. The number of anilines is 1. The van der Waals surface area contributed by atoms with Gasteiger partial charge in [0, 0.05) is 6.54 Å². The molecule has 4 rings (SSSR count). The lowest BCUT2D eigenvalue weighted by Gasteiger charge is -2.25. The summed E-state index contributed by atoms with van der Waals surface area (Å²) in [4.78, 5) is 2.22. The Morgan fingerprint density at radius 2 is 1.95 bits per heavy atom. The number of hydrogen-bond acceptors (Lipinski definition) is 5. The lowest BCUT2D eigenvalue weighted by atomic mass is 10.0. The van der Waals surface area contributed by atoms with Crippen LogP contribution in [0.3, 0.4) is 0 Å². The van der Waals surface area contributed by atoms with E-state index in [1.807, 2.05) is 24.3 Å². The Bertz CT molecular complexity index is 768. The summed E-state index contributed by atoms with van der Waals surface area (Å²) in [6.45, 7) is 0.919. The summed E-state index contributed by atoms with van der Waals surface area (Å²) in [5.41, 5.74) is 1.73. The molecule has 1 aromatic carbocycles.